The first kappa shape index (κ1) is 11.7. The molecular formula is C12H17N3O2. The fourth-order valence-corrected chi connectivity index (χ4v) is 2.40. The van der Waals surface area contributed by atoms with Gasteiger partial charge in [-0.3, -0.25) is 4.79 Å². The molecule has 0 saturated heterocycles. The summed E-state index contributed by atoms with van der Waals surface area (Å²) in [7, 11) is 0. The van der Waals surface area contributed by atoms with Crippen LogP contribution in [0.25, 0.3) is 0 Å². The summed E-state index contributed by atoms with van der Waals surface area (Å²) in [5, 5.41) is 11.5. The Morgan fingerprint density at radius 2 is 2.24 bits per heavy atom. The van der Waals surface area contributed by atoms with Gasteiger partial charge in [0.1, 0.15) is 0 Å². The number of nitrogens with zero attached hydrogens (tertiary/aromatic N) is 2. The summed E-state index contributed by atoms with van der Waals surface area (Å²) in [4.78, 5) is 12.0. The van der Waals surface area contributed by atoms with Crippen LogP contribution >= 0.6 is 0 Å². The van der Waals surface area contributed by atoms with Gasteiger partial charge in [0.15, 0.2) is 5.84 Å². The van der Waals surface area contributed by atoms with Gasteiger partial charge in [-0.15, -0.1) is 0 Å². The molecule has 0 radical (unpaired) electrons. The monoisotopic (exact) mass is 235 g/mol. The maximum atomic E-state index is 12.0. The Bertz CT molecular complexity index is 473. The lowest BCUT2D eigenvalue weighted by Crippen LogP contribution is -2.31. The number of amidine groups is 1. The highest BCUT2D eigenvalue weighted by molar-refractivity contribution is 5.96. The molecule has 17 heavy (non-hydrogen) atoms. The predicted octanol–water partition coefficient (Wildman–Crippen LogP) is 1.13. The number of oxime groups is 1. The van der Waals surface area contributed by atoms with E-state index < -0.39 is 0 Å². The van der Waals surface area contributed by atoms with Gasteiger partial charge in [0.2, 0.25) is 0 Å². The molecule has 0 amide bonds. The molecule has 5 heteroatoms. The first-order valence-electron chi connectivity index (χ1n) is 5.89. The minimum absolute atomic E-state index is 0.129. The summed E-state index contributed by atoms with van der Waals surface area (Å²) < 4.78 is 1.66. The third kappa shape index (κ3) is 2.49. The van der Waals surface area contributed by atoms with Gasteiger partial charge in [-0.25, -0.2) is 0 Å². The second kappa shape index (κ2) is 5.03. The van der Waals surface area contributed by atoms with Crippen LogP contribution in [0.3, 0.4) is 0 Å². The van der Waals surface area contributed by atoms with Gasteiger partial charge in [-0.2, -0.15) is 0 Å². The topological polar surface area (TPSA) is 80.6 Å². The maximum Gasteiger partial charge on any atom is 0.261 e. The molecule has 5 nitrogen and oxygen atoms in total. The van der Waals surface area contributed by atoms with Crippen molar-refractivity contribution in [2.24, 2.45) is 16.8 Å². The summed E-state index contributed by atoms with van der Waals surface area (Å²) in [5.74, 6) is 0.450. The van der Waals surface area contributed by atoms with Gasteiger partial charge >= 0.3 is 0 Å². The number of nitrogens with two attached hydrogens (primary N) is 1. The van der Waals surface area contributed by atoms with Crippen molar-refractivity contribution in [3.63, 3.8) is 0 Å². The van der Waals surface area contributed by atoms with Crippen LogP contribution in [0.1, 0.15) is 31.2 Å². The quantitative estimate of drug-likeness (QED) is 0.357. The molecule has 0 spiro atoms. The Morgan fingerprint density at radius 3 is 2.88 bits per heavy atom. The number of aromatic nitrogens is 1. The third-order valence-corrected chi connectivity index (χ3v) is 3.33. The van der Waals surface area contributed by atoms with E-state index in [0.29, 0.717) is 5.92 Å². The molecule has 0 bridgehead atoms. The van der Waals surface area contributed by atoms with E-state index in [1.165, 1.54) is 25.7 Å². The largest absolute Gasteiger partial charge is 0.409 e. The molecule has 0 aromatic carbocycles. The highest BCUT2D eigenvalue weighted by Gasteiger charge is 2.16. The van der Waals surface area contributed by atoms with Crippen molar-refractivity contribution in [1.82, 2.24) is 4.57 Å². The van der Waals surface area contributed by atoms with Crippen LogP contribution < -0.4 is 11.3 Å². The Kier molecular flexibility index (Phi) is 3.46. The fourth-order valence-electron chi connectivity index (χ4n) is 2.40. The molecule has 1 fully saturated rings. The summed E-state index contributed by atoms with van der Waals surface area (Å²) in [6, 6.07) is 3.33. The molecule has 1 aliphatic carbocycles. The molecule has 92 valence electrons. The van der Waals surface area contributed by atoms with E-state index in [1.807, 2.05) is 0 Å². The first-order valence-corrected chi connectivity index (χ1v) is 5.89. The molecular weight excluding hydrogens is 218 g/mol. The van der Waals surface area contributed by atoms with Crippen molar-refractivity contribution in [2.45, 2.75) is 32.2 Å². The van der Waals surface area contributed by atoms with Crippen LogP contribution in [0.15, 0.2) is 28.3 Å². The highest BCUT2D eigenvalue weighted by atomic mass is 16.4. The normalized spacial score (nSPS) is 17.5. The van der Waals surface area contributed by atoms with Gasteiger partial charge in [0.25, 0.3) is 5.56 Å². The van der Waals surface area contributed by atoms with Crippen LogP contribution in [0.4, 0.5) is 0 Å². The van der Waals surface area contributed by atoms with Crippen molar-refractivity contribution < 1.29 is 5.21 Å². The molecule has 1 aliphatic rings. The molecule has 1 aromatic heterocycles. The van der Waals surface area contributed by atoms with Gasteiger partial charge in [0.05, 0.1) is 5.56 Å². The molecule has 1 saturated carbocycles. The summed E-state index contributed by atoms with van der Waals surface area (Å²) in [5.41, 5.74) is 5.53. The third-order valence-electron chi connectivity index (χ3n) is 3.33. The van der Waals surface area contributed by atoms with Gasteiger partial charge in [-0.05, 0) is 30.9 Å². The Balaban J connectivity index is 2.26. The van der Waals surface area contributed by atoms with E-state index in [2.05, 4.69) is 5.16 Å². The van der Waals surface area contributed by atoms with E-state index in [0.717, 1.165) is 6.54 Å². The maximum absolute atomic E-state index is 12.0. The molecule has 1 heterocycles. The zero-order valence-electron chi connectivity index (χ0n) is 9.67. The molecule has 1 aromatic rings. The minimum Gasteiger partial charge on any atom is -0.409 e. The summed E-state index contributed by atoms with van der Waals surface area (Å²) in [6.45, 7) is 0.728. The molecule has 3 N–H and O–H groups in total. The van der Waals surface area contributed by atoms with Gasteiger partial charge in [0, 0.05) is 12.7 Å². The molecule has 0 atom stereocenters. The average molecular weight is 235 g/mol. The van der Waals surface area contributed by atoms with Gasteiger partial charge < -0.3 is 15.5 Å². The van der Waals surface area contributed by atoms with Crippen molar-refractivity contribution in [3.05, 3.63) is 34.2 Å². The Labute approximate surface area is 99.6 Å². The minimum atomic E-state index is -0.185. The molecule has 0 aliphatic heterocycles. The van der Waals surface area contributed by atoms with Crippen LogP contribution in [-0.2, 0) is 6.54 Å². The van der Waals surface area contributed by atoms with Crippen LogP contribution in [0.5, 0.6) is 0 Å². The Hall–Kier alpha value is -1.78. The van der Waals surface area contributed by atoms with Crippen molar-refractivity contribution in [1.29, 1.82) is 0 Å². The lowest BCUT2D eigenvalue weighted by molar-refractivity contribution is 0.318. The summed E-state index contributed by atoms with van der Waals surface area (Å²) >= 11 is 0. The lowest BCUT2D eigenvalue weighted by atomic mass is 10.1. The molecule has 2 rings (SSSR count). The van der Waals surface area contributed by atoms with E-state index in [9.17, 15) is 4.79 Å². The van der Waals surface area contributed by atoms with Crippen LogP contribution in [0, 0.1) is 5.92 Å². The smallest absolute Gasteiger partial charge is 0.261 e. The second-order valence-electron chi connectivity index (χ2n) is 4.52. The van der Waals surface area contributed by atoms with E-state index in [4.69, 9.17) is 10.9 Å². The fraction of sp³-hybridized carbons (Fsp3) is 0.500. The van der Waals surface area contributed by atoms with Crippen LogP contribution in [-0.4, -0.2) is 15.6 Å². The van der Waals surface area contributed by atoms with Gasteiger partial charge in [-0.1, -0.05) is 18.0 Å². The van der Waals surface area contributed by atoms with Crippen molar-refractivity contribution in [3.8, 4) is 0 Å². The van der Waals surface area contributed by atoms with E-state index >= 15 is 0 Å². The van der Waals surface area contributed by atoms with Crippen molar-refractivity contribution >= 4 is 5.84 Å². The number of pyridine rings is 1. The first-order chi connectivity index (χ1) is 8.22. The standard InChI is InChI=1S/C12H17N3O2/c13-11(14-17)10-6-3-7-15(12(10)16)8-9-4-1-2-5-9/h3,6-7,9,17H,1-2,4-5,8H2,(H2,13,14). The zero-order chi connectivity index (χ0) is 12.3. The SMILES string of the molecule is N/C(=N/O)c1cccn(CC2CCCC2)c1=O. The number of hydrogen-bond donors (Lipinski definition) is 2. The lowest BCUT2D eigenvalue weighted by Gasteiger charge is -2.12. The highest BCUT2D eigenvalue weighted by Crippen LogP contribution is 2.25. The number of rotatable bonds is 3. The predicted molar refractivity (Wildman–Crippen MR) is 65.2 cm³/mol. The average Bonchev–Trinajstić information content (AvgIpc) is 2.84. The summed E-state index contributed by atoms with van der Waals surface area (Å²) in [6.07, 6.45) is 6.62. The Morgan fingerprint density at radius 1 is 1.53 bits per heavy atom. The van der Waals surface area contributed by atoms with E-state index in [1.54, 1.807) is 22.9 Å². The second-order valence-corrected chi connectivity index (χ2v) is 4.52. The zero-order valence-corrected chi connectivity index (χ0v) is 9.67. The number of hydrogen-bond acceptors (Lipinski definition) is 3. The van der Waals surface area contributed by atoms with Crippen LogP contribution in [0.2, 0.25) is 0 Å². The van der Waals surface area contributed by atoms with E-state index in [-0.39, 0.29) is 17.0 Å². The van der Waals surface area contributed by atoms with Crippen molar-refractivity contribution in [2.75, 3.05) is 0 Å². The molecule has 0 unspecified atom stereocenters.